The Balaban J connectivity index is 2.92. The van der Waals surface area contributed by atoms with Crippen molar-refractivity contribution in [1.29, 1.82) is 0 Å². The number of benzene rings is 1. The van der Waals surface area contributed by atoms with E-state index in [-0.39, 0.29) is 5.56 Å². The average Bonchev–Trinajstić information content (AvgIpc) is 2.34. The number of carbonyl (C=O) groups excluding carboxylic acids is 1. The molecule has 0 saturated carbocycles. The van der Waals surface area contributed by atoms with E-state index in [9.17, 15) is 24.1 Å². The van der Waals surface area contributed by atoms with Crippen LogP contribution in [-0.4, -0.2) is 39.7 Å². The lowest BCUT2D eigenvalue weighted by molar-refractivity contribution is -0.387. The first-order valence-electron chi connectivity index (χ1n) is 4.95. The highest BCUT2D eigenvalue weighted by atomic mass is 19.1. The van der Waals surface area contributed by atoms with E-state index in [0.29, 0.717) is 6.07 Å². The maximum Gasteiger partial charge on any atom is 0.328 e. The number of aliphatic carboxylic acids is 1. The van der Waals surface area contributed by atoms with Crippen molar-refractivity contribution >= 4 is 17.6 Å². The van der Waals surface area contributed by atoms with Gasteiger partial charge in [-0.2, -0.15) is 4.39 Å². The predicted octanol–water partition coefficient (Wildman–Crippen LogP) is -0.0908. The molecule has 0 fully saturated rings. The van der Waals surface area contributed by atoms with Crippen LogP contribution >= 0.6 is 0 Å². The summed E-state index contributed by atoms with van der Waals surface area (Å²) in [7, 11) is 0. The second-order valence-electron chi connectivity index (χ2n) is 3.47. The number of nitrogens with one attached hydrogen (secondary N) is 1. The molecule has 0 radical (unpaired) electrons. The van der Waals surface area contributed by atoms with Crippen LogP contribution in [-0.2, 0) is 4.79 Å². The average molecular weight is 272 g/mol. The molecule has 0 heterocycles. The smallest absolute Gasteiger partial charge is 0.328 e. The number of carbonyl (C=O) groups is 2. The molecular weight excluding hydrogens is 263 g/mol. The number of hydrogen-bond acceptors (Lipinski definition) is 5. The molecule has 0 unspecified atom stereocenters. The highest BCUT2D eigenvalue weighted by Crippen LogP contribution is 2.17. The van der Waals surface area contributed by atoms with E-state index >= 15 is 0 Å². The third kappa shape index (κ3) is 3.45. The van der Waals surface area contributed by atoms with Crippen LogP contribution in [0.1, 0.15) is 10.4 Å². The molecule has 0 aliphatic heterocycles. The van der Waals surface area contributed by atoms with Crippen LogP contribution in [0.25, 0.3) is 0 Å². The fraction of sp³-hybridized carbons (Fsp3) is 0.200. The zero-order valence-electron chi connectivity index (χ0n) is 9.37. The normalized spacial score (nSPS) is 11.7. The molecule has 1 amide bonds. The highest BCUT2D eigenvalue weighted by molar-refractivity contribution is 5.96. The van der Waals surface area contributed by atoms with Crippen LogP contribution in [0.15, 0.2) is 18.2 Å². The summed E-state index contributed by atoms with van der Waals surface area (Å²) in [6.45, 7) is -0.837. The summed E-state index contributed by atoms with van der Waals surface area (Å²) < 4.78 is 13.3. The Bertz CT molecular complexity index is 533. The van der Waals surface area contributed by atoms with Gasteiger partial charge in [-0.05, 0) is 12.1 Å². The summed E-state index contributed by atoms with van der Waals surface area (Å²) in [5.74, 6) is -3.64. The van der Waals surface area contributed by atoms with Gasteiger partial charge in [0.1, 0.15) is 0 Å². The summed E-state index contributed by atoms with van der Waals surface area (Å²) in [4.78, 5) is 31.5. The quantitative estimate of drug-likeness (QED) is 0.507. The minimum Gasteiger partial charge on any atom is -0.480 e. The second-order valence-corrected chi connectivity index (χ2v) is 3.47. The maximum atomic E-state index is 13.3. The first-order chi connectivity index (χ1) is 8.86. The zero-order chi connectivity index (χ0) is 14.6. The van der Waals surface area contributed by atoms with Gasteiger partial charge in [-0.1, -0.05) is 0 Å². The van der Waals surface area contributed by atoms with Gasteiger partial charge < -0.3 is 15.5 Å². The minimum atomic E-state index is -1.54. The first-order valence-corrected chi connectivity index (χ1v) is 4.95. The molecule has 102 valence electrons. The number of hydrogen-bond donors (Lipinski definition) is 3. The highest BCUT2D eigenvalue weighted by Gasteiger charge is 2.21. The molecule has 0 aliphatic carbocycles. The molecule has 1 atom stereocenters. The lowest BCUT2D eigenvalue weighted by Crippen LogP contribution is -2.43. The standard InChI is InChI=1S/C10H9FN2O6/c11-6-3-5(1-2-8(6)13(18)19)9(15)12-7(4-14)10(16)17/h1-3,7,14H,4H2,(H,12,15)(H,16,17)/t7-/m0/s1. The molecular formula is C10H9FN2O6. The Morgan fingerprint density at radius 1 is 1.47 bits per heavy atom. The number of nitro benzene ring substituents is 1. The molecule has 1 aromatic carbocycles. The summed E-state index contributed by atoms with van der Waals surface area (Å²) in [6.07, 6.45) is 0. The van der Waals surface area contributed by atoms with E-state index in [1.54, 1.807) is 0 Å². The maximum absolute atomic E-state index is 13.3. The molecule has 3 N–H and O–H groups in total. The number of carboxylic acids is 1. The van der Waals surface area contributed by atoms with Gasteiger partial charge in [0, 0.05) is 11.6 Å². The van der Waals surface area contributed by atoms with Gasteiger partial charge in [-0.25, -0.2) is 4.79 Å². The Labute approximate surface area is 105 Å². The molecule has 9 heteroatoms. The fourth-order valence-electron chi connectivity index (χ4n) is 1.22. The van der Waals surface area contributed by atoms with Crippen LogP contribution in [0.2, 0.25) is 0 Å². The molecule has 1 rings (SSSR count). The third-order valence-corrected chi connectivity index (χ3v) is 2.19. The van der Waals surface area contributed by atoms with Crippen molar-refractivity contribution < 1.29 is 29.1 Å². The van der Waals surface area contributed by atoms with Crippen molar-refractivity contribution in [2.75, 3.05) is 6.61 Å². The van der Waals surface area contributed by atoms with Gasteiger partial charge in [0.25, 0.3) is 5.91 Å². The van der Waals surface area contributed by atoms with Gasteiger partial charge in [0.05, 0.1) is 11.5 Å². The molecule has 8 nitrogen and oxygen atoms in total. The third-order valence-electron chi connectivity index (χ3n) is 2.19. The first kappa shape index (κ1) is 14.5. The van der Waals surface area contributed by atoms with Crippen LogP contribution in [0.5, 0.6) is 0 Å². The van der Waals surface area contributed by atoms with Crippen molar-refractivity contribution in [1.82, 2.24) is 5.32 Å². The van der Waals surface area contributed by atoms with Crippen LogP contribution in [0.4, 0.5) is 10.1 Å². The molecule has 0 aromatic heterocycles. The molecule has 1 aromatic rings. The number of carboxylic acid groups (broad SMARTS) is 1. The number of halogens is 1. The number of rotatable bonds is 5. The predicted molar refractivity (Wildman–Crippen MR) is 59.0 cm³/mol. The van der Waals surface area contributed by atoms with E-state index in [4.69, 9.17) is 10.2 Å². The van der Waals surface area contributed by atoms with Gasteiger partial charge in [0.2, 0.25) is 5.82 Å². The van der Waals surface area contributed by atoms with E-state index in [1.807, 2.05) is 5.32 Å². The summed E-state index contributed by atoms with van der Waals surface area (Å²) in [6, 6.07) is 0.848. The van der Waals surface area contributed by atoms with Gasteiger partial charge in [-0.15, -0.1) is 0 Å². The Kier molecular flexibility index (Phi) is 4.48. The summed E-state index contributed by atoms with van der Waals surface area (Å²) in [5, 5.41) is 29.6. The van der Waals surface area contributed by atoms with E-state index in [0.717, 1.165) is 12.1 Å². The number of amides is 1. The topological polar surface area (TPSA) is 130 Å². The molecule has 0 bridgehead atoms. The number of nitro groups is 1. The van der Waals surface area contributed by atoms with E-state index in [2.05, 4.69) is 0 Å². The number of aliphatic hydroxyl groups is 1. The fourth-order valence-corrected chi connectivity index (χ4v) is 1.22. The Morgan fingerprint density at radius 2 is 2.11 bits per heavy atom. The SMILES string of the molecule is O=C(N[C@@H](CO)C(=O)O)c1ccc([N+](=O)[O-])c(F)c1. The van der Waals surface area contributed by atoms with Crippen molar-refractivity contribution in [3.05, 3.63) is 39.7 Å². The van der Waals surface area contributed by atoms with Crippen molar-refractivity contribution in [3.8, 4) is 0 Å². The van der Waals surface area contributed by atoms with E-state index < -0.39 is 41.0 Å². The summed E-state index contributed by atoms with van der Waals surface area (Å²) >= 11 is 0. The van der Waals surface area contributed by atoms with E-state index in [1.165, 1.54) is 0 Å². The zero-order valence-corrected chi connectivity index (χ0v) is 9.37. The molecule has 0 spiro atoms. The van der Waals surface area contributed by atoms with Crippen LogP contribution in [0.3, 0.4) is 0 Å². The van der Waals surface area contributed by atoms with Crippen molar-refractivity contribution in [2.24, 2.45) is 0 Å². The molecule has 19 heavy (non-hydrogen) atoms. The molecule has 0 aliphatic rings. The summed E-state index contributed by atoms with van der Waals surface area (Å²) in [5.41, 5.74) is -1.09. The van der Waals surface area contributed by atoms with Crippen molar-refractivity contribution in [2.45, 2.75) is 6.04 Å². The molecule has 0 saturated heterocycles. The lowest BCUT2D eigenvalue weighted by atomic mass is 10.1. The minimum absolute atomic E-state index is 0.289. The largest absolute Gasteiger partial charge is 0.480 e. The monoisotopic (exact) mass is 272 g/mol. The van der Waals surface area contributed by atoms with Gasteiger partial charge in [0.15, 0.2) is 6.04 Å². The van der Waals surface area contributed by atoms with Crippen LogP contribution in [0, 0.1) is 15.9 Å². The second kappa shape index (κ2) is 5.87. The Morgan fingerprint density at radius 3 is 2.53 bits per heavy atom. The van der Waals surface area contributed by atoms with Gasteiger partial charge >= 0.3 is 11.7 Å². The van der Waals surface area contributed by atoms with Crippen molar-refractivity contribution in [3.63, 3.8) is 0 Å². The number of aliphatic hydroxyl groups excluding tert-OH is 1. The van der Waals surface area contributed by atoms with Gasteiger partial charge in [-0.3, -0.25) is 14.9 Å². The number of nitrogens with zero attached hydrogens (tertiary/aromatic N) is 1. The van der Waals surface area contributed by atoms with Crippen LogP contribution < -0.4 is 5.32 Å². The lowest BCUT2D eigenvalue weighted by Gasteiger charge is -2.11. The Hall–Kier alpha value is -2.55.